The maximum Gasteiger partial charge on any atom is 0.0710 e. The highest BCUT2D eigenvalue weighted by Gasteiger charge is 2.06. The van der Waals surface area contributed by atoms with E-state index in [-0.39, 0.29) is 0 Å². The topological polar surface area (TPSA) is 12.9 Å². The number of hydrogen-bond donors (Lipinski definition) is 0. The Morgan fingerprint density at radius 3 is 2.61 bits per heavy atom. The average molecular weight is 241 g/mol. The van der Waals surface area contributed by atoms with E-state index in [1.807, 2.05) is 0 Å². The van der Waals surface area contributed by atoms with Crippen molar-refractivity contribution in [1.29, 1.82) is 0 Å². The second-order valence-electron chi connectivity index (χ2n) is 5.35. The van der Waals surface area contributed by atoms with Crippen LogP contribution in [0.1, 0.15) is 44.0 Å². The molecule has 1 aromatic heterocycles. The molecule has 1 unspecified atom stereocenters. The third-order valence-electron chi connectivity index (χ3n) is 3.80. The average Bonchev–Trinajstić information content (AvgIpc) is 2.37. The number of hydrogen-bond acceptors (Lipinski definition) is 1. The molecule has 0 bridgehead atoms. The van der Waals surface area contributed by atoms with Crippen molar-refractivity contribution in [2.24, 2.45) is 5.92 Å². The highest BCUT2D eigenvalue weighted by molar-refractivity contribution is 5.82. The summed E-state index contributed by atoms with van der Waals surface area (Å²) in [6.45, 7) is 8.92. The molecule has 0 N–H and O–H groups in total. The minimum Gasteiger partial charge on any atom is -0.253 e. The Balaban J connectivity index is 2.45. The minimum atomic E-state index is 0.712. The molecule has 96 valence electrons. The van der Waals surface area contributed by atoms with Crippen molar-refractivity contribution >= 4 is 10.9 Å². The molecule has 1 aromatic carbocycles. The summed E-state index contributed by atoms with van der Waals surface area (Å²) in [5.41, 5.74) is 5.12. The Kier molecular flexibility index (Phi) is 4.00. The van der Waals surface area contributed by atoms with Crippen LogP contribution < -0.4 is 0 Å². The summed E-state index contributed by atoms with van der Waals surface area (Å²) in [5.74, 6) is 0.712. The van der Waals surface area contributed by atoms with Gasteiger partial charge in [0.25, 0.3) is 0 Å². The number of aryl methyl sites for hydroxylation is 2. The van der Waals surface area contributed by atoms with E-state index in [0.29, 0.717) is 5.92 Å². The summed E-state index contributed by atoms with van der Waals surface area (Å²) in [5, 5.41) is 1.29. The van der Waals surface area contributed by atoms with Crippen LogP contribution >= 0.6 is 0 Å². The zero-order chi connectivity index (χ0) is 13.1. The van der Waals surface area contributed by atoms with Gasteiger partial charge >= 0.3 is 0 Å². The molecule has 0 fully saturated rings. The Labute approximate surface area is 110 Å². The number of fused-ring (bicyclic) bond motifs is 1. The van der Waals surface area contributed by atoms with Crippen molar-refractivity contribution in [1.82, 2.24) is 4.98 Å². The monoisotopic (exact) mass is 241 g/mol. The van der Waals surface area contributed by atoms with Crippen LogP contribution in [0.25, 0.3) is 10.9 Å². The predicted molar refractivity (Wildman–Crippen MR) is 79.0 cm³/mol. The maximum atomic E-state index is 4.83. The standard InChI is InChI=1S/C17H23N/c1-5-12(3)9-15-10-13(4)16-8-7-14(6-2)11-17(16)18-15/h7-8,10-12H,5-6,9H2,1-4H3. The van der Waals surface area contributed by atoms with E-state index >= 15 is 0 Å². The van der Waals surface area contributed by atoms with Gasteiger partial charge in [-0.15, -0.1) is 0 Å². The van der Waals surface area contributed by atoms with E-state index in [1.165, 1.54) is 28.6 Å². The molecule has 2 aromatic rings. The van der Waals surface area contributed by atoms with E-state index in [9.17, 15) is 0 Å². The van der Waals surface area contributed by atoms with Gasteiger partial charge < -0.3 is 0 Å². The van der Waals surface area contributed by atoms with Crippen molar-refractivity contribution in [2.45, 2.75) is 47.0 Å². The SMILES string of the molecule is CCc1ccc2c(C)cc(CC(C)CC)nc2c1. The van der Waals surface area contributed by atoms with Crippen molar-refractivity contribution in [3.05, 3.63) is 41.1 Å². The fraction of sp³-hybridized carbons (Fsp3) is 0.471. The number of rotatable bonds is 4. The van der Waals surface area contributed by atoms with Gasteiger partial charge in [0.15, 0.2) is 0 Å². The molecule has 0 aliphatic heterocycles. The molecule has 0 radical (unpaired) electrons. The van der Waals surface area contributed by atoms with Crippen LogP contribution in [0.4, 0.5) is 0 Å². The first-order valence-corrected chi connectivity index (χ1v) is 7.03. The van der Waals surface area contributed by atoms with Gasteiger partial charge in [-0.3, -0.25) is 4.98 Å². The lowest BCUT2D eigenvalue weighted by atomic mass is 9.99. The number of nitrogens with zero attached hydrogens (tertiary/aromatic N) is 1. The van der Waals surface area contributed by atoms with Crippen molar-refractivity contribution < 1.29 is 0 Å². The first-order chi connectivity index (χ1) is 8.63. The zero-order valence-corrected chi connectivity index (χ0v) is 12.0. The number of aromatic nitrogens is 1. The molecule has 2 rings (SSSR count). The minimum absolute atomic E-state index is 0.712. The largest absolute Gasteiger partial charge is 0.253 e. The van der Waals surface area contributed by atoms with Crippen molar-refractivity contribution in [3.63, 3.8) is 0 Å². The van der Waals surface area contributed by atoms with Gasteiger partial charge in [0.05, 0.1) is 5.52 Å². The van der Waals surface area contributed by atoms with E-state index < -0.39 is 0 Å². The van der Waals surface area contributed by atoms with E-state index in [1.54, 1.807) is 0 Å². The summed E-state index contributed by atoms with van der Waals surface area (Å²) in [6.07, 6.45) is 3.38. The van der Waals surface area contributed by atoms with E-state index in [4.69, 9.17) is 4.98 Å². The Hall–Kier alpha value is -1.37. The molecule has 0 amide bonds. The van der Waals surface area contributed by atoms with E-state index in [0.717, 1.165) is 18.4 Å². The van der Waals surface area contributed by atoms with Crippen LogP contribution in [0, 0.1) is 12.8 Å². The maximum absolute atomic E-state index is 4.83. The Morgan fingerprint density at radius 2 is 1.94 bits per heavy atom. The number of benzene rings is 1. The Morgan fingerprint density at radius 1 is 1.17 bits per heavy atom. The molecule has 0 spiro atoms. The van der Waals surface area contributed by atoms with Crippen LogP contribution in [0.15, 0.2) is 24.3 Å². The molecular weight excluding hydrogens is 218 g/mol. The Bertz CT molecular complexity index is 543. The van der Waals surface area contributed by atoms with Gasteiger partial charge in [0.2, 0.25) is 0 Å². The van der Waals surface area contributed by atoms with Gasteiger partial charge in [-0.05, 0) is 48.9 Å². The van der Waals surface area contributed by atoms with Gasteiger partial charge in [0, 0.05) is 11.1 Å². The molecule has 0 aliphatic carbocycles. The third kappa shape index (κ3) is 2.72. The zero-order valence-electron chi connectivity index (χ0n) is 12.0. The van der Waals surface area contributed by atoms with Gasteiger partial charge in [-0.2, -0.15) is 0 Å². The summed E-state index contributed by atoms with van der Waals surface area (Å²) in [7, 11) is 0. The van der Waals surface area contributed by atoms with Crippen LogP contribution in [0.2, 0.25) is 0 Å². The van der Waals surface area contributed by atoms with Gasteiger partial charge in [-0.1, -0.05) is 39.3 Å². The van der Waals surface area contributed by atoms with Crippen molar-refractivity contribution in [3.8, 4) is 0 Å². The summed E-state index contributed by atoms with van der Waals surface area (Å²) in [4.78, 5) is 4.83. The third-order valence-corrected chi connectivity index (χ3v) is 3.80. The molecule has 1 heterocycles. The van der Waals surface area contributed by atoms with Crippen LogP contribution in [0.5, 0.6) is 0 Å². The van der Waals surface area contributed by atoms with E-state index in [2.05, 4.69) is 52.0 Å². The highest BCUT2D eigenvalue weighted by atomic mass is 14.7. The molecule has 0 saturated heterocycles. The van der Waals surface area contributed by atoms with Crippen LogP contribution in [-0.4, -0.2) is 4.98 Å². The first kappa shape index (κ1) is 13.1. The molecule has 1 heteroatoms. The first-order valence-electron chi connectivity index (χ1n) is 7.03. The second-order valence-corrected chi connectivity index (χ2v) is 5.35. The van der Waals surface area contributed by atoms with Crippen LogP contribution in [0.3, 0.4) is 0 Å². The van der Waals surface area contributed by atoms with Crippen molar-refractivity contribution in [2.75, 3.05) is 0 Å². The van der Waals surface area contributed by atoms with Crippen LogP contribution in [-0.2, 0) is 12.8 Å². The fourth-order valence-electron chi connectivity index (χ4n) is 2.34. The normalized spacial score (nSPS) is 12.9. The molecule has 1 nitrogen and oxygen atoms in total. The predicted octanol–water partition coefficient (Wildman–Crippen LogP) is 4.69. The van der Waals surface area contributed by atoms with Gasteiger partial charge in [-0.25, -0.2) is 0 Å². The summed E-state index contributed by atoms with van der Waals surface area (Å²) < 4.78 is 0. The summed E-state index contributed by atoms with van der Waals surface area (Å²) in [6, 6.07) is 8.91. The quantitative estimate of drug-likeness (QED) is 0.756. The molecule has 18 heavy (non-hydrogen) atoms. The highest BCUT2D eigenvalue weighted by Crippen LogP contribution is 2.21. The lowest BCUT2D eigenvalue weighted by molar-refractivity contribution is 0.553. The molecule has 1 atom stereocenters. The lowest BCUT2D eigenvalue weighted by Crippen LogP contribution is -2.01. The molecule has 0 aliphatic rings. The number of pyridine rings is 1. The fourth-order valence-corrected chi connectivity index (χ4v) is 2.34. The molecule has 0 saturated carbocycles. The smallest absolute Gasteiger partial charge is 0.0710 e. The van der Waals surface area contributed by atoms with Gasteiger partial charge in [0.1, 0.15) is 0 Å². The summed E-state index contributed by atoms with van der Waals surface area (Å²) >= 11 is 0. The second kappa shape index (κ2) is 5.51. The lowest BCUT2D eigenvalue weighted by Gasteiger charge is -2.11. The molecular formula is C17H23N.